The van der Waals surface area contributed by atoms with E-state index in [0.717, 1.165) is 5.56 Å². The number of rotatable bonds is 6. The third-order valence-electron chi connectivity index (χ3n) is 2.84. The van der Waals surface area contributed by atoms with Crippen molar-refractivity contribution in [3.05, 3.63) is 42.2 Å². The molecule has 0 aliphatic rings. The molecule has 1 aromatic carbocycles. The maximum atomic E-state index is 11.8. The second-order valence-electron chi connectivity index (χ2n) is 4.43. The fraction of sp³-hybridized carbons (Fsp3) is 0.308. The minimum Gasteiger partial charge on any atom is -0.508 e. The van der Waals surface area contributed by atoms with Crippen LogP contribution in [0.2, 0.25) is 0 Å². The molecule has 0 radical (unpaired) electrons. The molecule has 4 N–H and O–H groups in total. The summed E-state index contributed by atoms with van der Waals surface area (Å²) in [4.78, 5) is 11.8. The van der Waals surface area contributed by atoms with Crippen molar-refractivity contribution in [2.24, 2.45) is 5.73 Å². The SMILES string of the molecule is NC(Cc1ccc(O)cc1)C(=O)NCCn1ccnn1. The summed E-state index contributed by atoms with van der Waals surface area (Å²) in [5.74, 6) is -0.0159. The summed E-state index contributed by atoms with van der Waals surface area (Å²) in [6.45, 7) is 1.00. The predicted molar refractivity (Wildman–Crippen MR) is 72.8 cm³/mol. The van der Waals surface area contributed by atoms with Gasteiger partial charge in [-0.3, -0.25) is 9.48 Å². The first-order valence-electron chi connectivity index (χ1n) is 6.30. The van der Waals surface area contributed by atoms with Crippen LogP contribution in [0.5, 0.6) is 5.75 Å². The second-order valence-corrected chi connectivity index (χ2v) is 4.43. The highest BCUT2D eigenvalue weighted by Gasteiger charge is 2.13. The predicted octanol–water partition coefficient (Wildman–Crippen LogP) is -0.330. The van der Waals surface area contributed by atoms with E-state index in [2.05, 4.69) is 15.6 Å². The van der Waals surface area contributed by atoms with E-state index in [0.29, 0.717) is 19.5 Å². The fourth-order valence-electron chi connectivity index (χ4n) is 1.76. The van der Waals surface area contributed by atoms with Gasteiger partial charge in [0, 0.05) is 12.7 Å². The van der Waals surface area contributed by atoms with Crippen LogP contribution >= 0.6 is 0 Å². The number of phenols is 1. The molecule has 0 bridgehead atoms. The van der Waals surface area contributed by atoms with Crippen LogP contribution in [0.1, 0.15) is 5.56 Å². The van der Waals surface area contributed by atoms with Crippen molar-refractivity contribution in [1.29, 1.82) is 0 Å². The number of nitrogens with one attached hydrogen (secondary N) is 1. The van der Waals surface area contributed by atoms with E-state index in [1.165, 1.54) is 0 Å². The maximum absolute atomic E-state index is 11.8. The topological polar surface area (TPSA) is 106 Å². The number of carbonyl (C=O) groups excluding carboxylic acids is 1. The number of aromatic nitrogens is 3. The number of nitrogens with two attached hydrogens (primary N) is 1. The van der Waals surface area contributed by atoms with Gasteiger partial charge in [0.2, 0.25) is 5.91 Å². The molecule has 1 atom stereocenters. The highest BCUT2D eigenvalue weighted by Crippen LogP contribution is 2.10. The number of nitrogens with zero attached hydrogens (tertiary/aromatic N) is 3. The van der Waals surface area contributed by atoms with E-state index in [-0.39, 0.29) is 11.7 Å². The molecular formula is C13H17N5O2. The Morgan fingerprint density at radius 3 is 2.80 bits per heavy atom. The van der Waals surface area contributed by atoms with Crippen LogP contribution in [-0.2, 0) is 17.8 Å². The second kappa shape index (κ2) is 6.67. The molecule has 2 aromatic rings. The first-order valence-corrected chi connectivity index (χ1v) is 6.30. The largest absolute Gasteiger partial charge is 0.508 e. The molecule has 1 heterocycles. The summed E-state index contributed by atoms with van der Waals surface area (Å²) in [5, 5.41) is 19.4. The van der Waals surface area contributed by atoms with Gasteiger partial charge in [-0.1, -0.05) is 17.3 Å². The van der Waals surface area contributed by atoms with Crippen LogP contribution in [0.4, 0.5) is 0 Å². The molecule has 0 saturated carbocycles. The summed E-state index contributed by atoms with van der Waals surface area (Å²) >= 11 is 0. The number of aromatic hydroxyl groups is 1. The van der Waals surface area contributed by atoms with Gasteiger partial charge in [0.05, 0.1) is 18.8 Å². The van der Waals surface area contributed by atoms with Crippen molar-refractivity contribution in [1.82, 2.24) is 20.3 Å². The molecule has 0 fully saturated rings. The lowest BCUT2D eigenvalue weighted by molar-refractivity contribution is -0.122. The number of benzene rings is 1. The molecule has 0 spiro atoms. The van der Waals surface area contributed by atoms with Gasteiger partial charge < -0.3 is 16.2 Å². The number of hydrogen-bond acceptors (Lipinski definition) is 5. The Balaban J connectivity index is 1.75. The Bertz CT molecular complexity index is 538. The average molecular weight is 275 g/mol. The van der Waals surface area contributed by atoms with E-state index in [9.17, 15) is 9.90 Å². The monoisotopic (exact) mass is 275 g/mol. The molecule has 7 nitrogen and oxygen atoms in total. The molecule has 0 aliphatic carbocycles. The molecule has 1 amide bonds. The third-order valence-corrected chi connectivity index (χ3v) is 2.84. The van der Waals surface area contributed by atoms with E-state index in [1.54, 1.807) is 41.3 Å². The lowest BCUT2D eigenvalue weighted by Crippen LogP contribution is -2.43. The van der Waals surface area contributed by atoms with Gasteiger partial charge in [-0.25, -0.2) is 0 Å². The van der Waals surface area contributed by atoms with E-state index in [1.807, 2.05) is 0 Å². The van der Waals surface area contributed by atoms with Crippen LogP contribution in [0, 0.1) is 0 Å². The smallest absolute Gasteiger partial charge is 0.237 e. The molecule has 106 valence electrons. The Morgan fingerprint density at radius 1 is 1.40 bits per heavy atom. The summed E-state index contributed by atoms with van der Waals surface area (Å²) in [7, 11) is 0. The van der Waals surface area contributed by atoms with Gasteiger partial charge in [0.1, 0.15) is 5.75 Å². The fourth-order valence-corrected chi connectivity index (χ4v) is 1.76. The van der Waals surface area contributed by atoms with Crippen molar-refractivity contribution in [3.8, 4) is 5.75 Å². The molecule has 7 heteroatoms. The summed E-state index contributed by atoms with van der Waals surface area (Å²) in [6.07, 6.45) is 3.73. The van der Waals surface area contributed by atoms with Crippen molar-refractivity contribution < 1.29 is 9.90 Å². The van der Waals surface area contributed by atoms with Crippen LogP contribution in [0.15, 0.2) is 36.7 Å². The highest BCUT2D eigenvalue weighted by molar-refractivity contribution is 5.81. The number of hydrogen-bond donors (Lipinski definition) is 3. The zero-order valence-electron chi connectivity index (χ0n) is 10.9. The standard InChI is InChI=1S/C13H17N5O2/c14-12(9-10-1-3-11(19)4-2-10)13(20)15-5-7-18-8-6-16-17-18/h1-4,6,8,12,19H,5,7,9,14H2,(H,15,20). The van der Waals surface area contributed by atoms with Gasteiger partial charge in [-0.05, 0) is 24.1 Å². The summed E-state index contributed by atoms with van der Waals surface area (Å²) in [6, 6.07) is 6.03. The van der Waals surface area contributed by atoms with E-state index < -0.39 is 6.04 Å². The van der Waals surface area contributed by atoms with Crippen LogP contribution in [0.25, 0.3) is 0 Å². The normalized spacial score (nSPS) is 12.1. The highest BCUT2D eigenvalue weighted by atomic mass is 16.3. The molecule has 0 aliphatic heterocycles. The number of amides is 1. The molecule has 2 rings (SSSR count). The summed E-state index contributed by atoms with van der Waals surface area (Å²) < 4.78 is 1.63. The average Bonchev–Trinajstić information content (AvgIpc) is 2.94. The number of phenolic OH excluding ortho intramolecular Hbond substituents is 1. The Morgan fingerprint density at radius 2 is 2.15 bits per heavy atom. The molecule has 20 heavy (non-hydrogen) atoms. The van der Waals surface area contributed by atoms with Gasteiger partial charge >= 0.3 is 0 Å². The molecule has 1 unspecified atom stereocenters. The van der Waals surface area contributed by atoms with Crippen LogP contribution in [-0.4, -0.2) is 38.6 Å². The molecule has 1 aromatic heterocycles. The lowest BCUT2D eigenvalue weighted by Gasteiger charge is -2.12. The minimum absolute atomic E-state index is 0.194. The molecule has 0 saturated heterocycles. The van der Waals surface area contributed by atoms with Crippen molar-refractivity contribution in [2.75, 3.05) is 6.54 Å². The Labute approximate surface area is 116 Å². The molecular weight excluding hydrogens is 258 g/mol. The van der Waals surface area contributed by atoms with Crippen LogP contribution < -0.4 is 11.1 Å². The van der Waals surface area contributed by atoms with Gasteiger partial charge in [-0.15, -0.1) is 5.10 Å². The Kier molecular flexibility index (Phi) is 4.67. The zero-order chi connectivity index (χ0) is 14.4. The van der Waals surface area contributed by atoms with Crippen molar-refractivity contribution in [3.63, 3.8) is 0 Å². The van der Waals surface area contributed by atoms with Gasteiger partial charge in [-0.2, -0.15) is 0 Å². The summed E-state index contributed by atoms with van der Waals surface area (Å²) in [5.41, 5.74) is 6.74. The van der Waals surface area contributed by atoms with Crippen molar-refractivity contribution in [2.45, 2.75) is 19.0 Å². The maximum Gasteiger partial charge on any atom is 0.237 e. The lowest BCUT2D eigenvalue weighted by atomic mass is 10.1. The third kappa shape index (κ3) is 4.06. The minimum atomic E-state index is -0.615. The van der Waals surface area contributed by atoms with Gasteiger partial charge in [0.25, 0.3) is 0 Å². The van der Waals surface area contributed by atoms with Crippen molar-refractivity contribution >= 4 is 5.91 Å². The number of carbonyl (C=O) groups is 1. The Hall–Kier alpha value is -2.41. The first-order chi connectivity index (χ1) is 9.65. The van der Waals surface area contributed by atoms with Crippen LogP contribution in [0.3, 0.4) is 0 Å². The van der Waals surface area contributed by atoms with Gasteiger partial charge in [0.15, 0.2) is 0 Å². The first kappa shape index (κ1) is 14.0. The zero-order valence-corrected chi connectivity index (χ0v) is 10.9. The van der Waals surface area contributed by atoms with E-state index >= 15 is 0 Å². The van der Waals surface area contributed by atoms with E-state index in [4.69, 9.17) is 5.73 Å². The quantitative estimate of drug-likeness (QED) is 0.669.